The van der Waals surface area contributed by atoms with Crippen LogP contribution in [0.1, 0.15) is 109 Å². The molecule has 12 rings (SSSR count). The number of hydrogen-bond donors (Lipinski definition) is 0. The molecule has 1 aromatic heterocycles. The van der Waals surface area contributed by atoms with E-state index in [1.165, 1.54) is 89.6 Å². The molecular formula is C53H49BN4. The molecule has 2 aliphatic carbocycles. The molecule has 4 nitrogen and oxygen atoms in total. The van der Waals surface area contributed by atoms with Gasteiger partial charge in [0.05, 0.1) is 39.7 Å². The molecular weight excluding hydrogens is 703 g/mol. The van der Waals surface area contributed by atoms with Gasteiger partial charge in [-0.3, -0.25) is 0 Å². The van der Waals surface area contributed by atoms with Gasteiger partial charge in [0.15, 0.2) is 0 Å². The molecule has 0 spiro atoms. The molecule has 0 N–H and O–H groups in total. The lowest BCUT2D eigenvalue weighted by atomic mass is 9.33. The van der Waals surface area contributed by atoms with Crippen molar-refractivity contribution in [1.29, 1.82) is 5.26 Å². The highest BCUT2D eigenvalue weighted by Gasteiger charge is 2.49. The molecule has 6 aromatic carbocycles. The maximum absolute atomic E-state index is 10.9. The Morgan fingerprint density at radius 3 is 1.84 bits per heavy atom. The van der Waals surface area contributed by atoms with Crippen molar-refractivity contribution in [2.45, 2.75) is 103 Å². The van der Waals surface area contributed by atoms with Crippen LogP contribution >= 0.6 is 0 Å². The van der Waals surface area contributed by atoms with Gasteiger partial charge in [-0.1, -0.05) is 110 Å². The molecule has 5 aliphatic rings. The second-order valence-electron chi connectivity index (χ2n) is 20.6. The molecule has 0 fully saturated rings. The Hall–Kier alpha value is -5.73. The van der Waals surface area contributed by atoms with Gasteiger partial charge in [-0.25, -0.2) is 0 Å². The molecule has 5 heteroatoms. The first kappa shape index (κ1) is 34.3. The molecule has 7 aromatic rings. The van der Waals surface area contributed by atoms with Gasteiger partial charge in [0, 0.05) is 33.5 Å². The zero-order valence-electron chi connectivity index (χ0n) is 35.0. The number of para-hydroxylation sites is 3. The van der Waals surface area contributed by atoms with Crippen molar-refractivity contribution < 1.29 is 0 Å². The Balaban J connectivity index is 1.23. The first-order valence-electron chi connectivity index (χ1n) is 21.4. The van der Waals surface area contributed by atoms with Crippen molar-refractivity contribution in [1.82, 2.24) is 4.57 Å². The van der Waals surface area contributed by atoms with Gasteiger partial charge in [-0.2, -0.15) is 5.26 Å². The normalized spacial score (nSPS) is 19.2. The smallest absolute Gasteiger partial charge is 0.252 e. The fourth-order valence-corrected chi connectivity index (χ4v) is 12.0. The van der Waals surface area contributed by atoms with E-state index in [1.54, 1.807) is 0 Å². The first-order valence-corrected chi connectivity index (χ1v) is 21.4. The second kappa shape index (κ2) is 10.9. The van der Waals surface area contributed by atoms with Crippen LogP contribution in [0.15, 0.2) is 103 Å². The Morgan fingerprint density at radius 2 is 1.12 bits per heavy atom. The average molecular weight is 753 g/mol. The second-order valence-corrected chi connectivity index (χ2v) is 20.6. The summed E-state index contributed by atoms with van der Waals surface area (Å²) in [5.41, 5.74) is 21.4. The van der Waals surface area contributed by atoms with E-state index in [1.807, 2.05) is 0 Å². The molecule has 0 radical (unpaired) electrons. The Morgan fingerprint density at radius 1 is 0.517 bits per heavy atom. The highest BCUT2D eigenvalue weighted by atomic mass is 15.2. The summed E-state index contributed by atoms with van der Waals surface area (Å²) in [6.07, 6.45) is 4.64. The first-order chi connectivity index (χ1) is 27.7. The maximum atomic E-state index is 10.9. The Bertz CT molecular complexity index is 3060. The van der Waals surface area contributed by atoms with Crippen molar-refractivity contribution in [3.05, 3.63) is 131 Å². The van der Waals surface area contributed by atoms with Crippen LogP contribution in [0.25, 0.3) is 27.5 Å². The fourth-order valence-electron chi connectivity index (χ4n) is 12.0. The summed E-state index contributed by atoms with van der Waals surface area (Å²) in [5, 5.41) is 13.4. The van der Waals surface area contributed by atoms with E-state index in [0.29, 0.717) is 5.56 Å². The highest BCUT2D eigenvalue weighted by Crippen LogP contribution is 2.55. The Kier molecular flexibility index (Phi) is 6.42. The molecule has 0 amide bonds. The maximum Gasteiger partial charge on any atom is 0.252 e. The number of nitriles is 1. The summed E-state index contributed by atoms with van der Waals surface area (Å²) in [6, 6.07) is 42.1. The molecule has 0 bridgehead atoms. The molecule has 4 heterocycles. The van der Waals surface area contributed by atoms with E-state index in [4.69, 9.17) is 0 Å². The minimum atomic E-state index is -0.0167. The van der Waals surface area contributed by atoms with E-state index < -0.39 is 0 Å². The number of anilines is 6. The lowest BCUT2D eigenvalue weighted by Gasteiger charge is -2.48. The van der Waals surface area contributed by atoms with Gasteiger partial charge in [-0.05, 0) is 135 Å². The summed E-state index contributed by atoms with van der Waals surface area (Å²) in [6.45, 7) is 19.4. The number of benzene rings is 6. The zero-order valence-corrected chi connectivity index (χ0v) is 35.0. The molecule has 0 unspecified atom stereocenters. The molecule has 0 saturated heterocycles. The van der Waals surface area contributed by atoms with Crippen LogP contribution in [0, 0.1) is 11.3 Å². The van der Waals surface area contributed by atoms with E-state index in [0.717, 1.165) is 36.3 Å². The predicted octanol–water partition coefficient (Wildman–Crippen LogP) is 11.7. The molecule has 58 heavy (non-hydrogen) atoms. The summed E-state index contributed by atoms with van der Waals surface area (Å²) in [7, 11) is 0. The van der Waals surface area contributed by atoms with Crippen LogP contribution in [0.2, 0.25) is 0 Å². The SMILES string of the molecule is CC1(C)CCC(C)(C)c2cc(N3c4cc5c(cc4B4c6cccc7c6N(c6cc(C#N)cc3c64)c3cccc4c6ccccc6n-7c34)C(C)(C)CCC5(C)C)ccc21. The number of hydrogen-bond acceptors (Lipinski definition) is 3. The number of nitrogens with zero attached hydrogens (tertiary/aromatic N) is 4. The van der Waals surface area contributed by atoms with Crippen LogP contribution in [-0.4, -0.2) is 11.3 Å². The van der Waals surface area contributed by atoms with E-state index in [9.17, 15) is 5.26 Å². The summed E-state index contributed by atoms with van der Waals surface area (Å²) in [5.74, 6) is 0. The molecule has 284 valence electrons. The molecule has 0 atom stereocenters. The van der Waals surface area contributed by atoms with E-state index in [-0.39, 0.29) is 28.4 Å². The monoisotopic (exact) mass is 752 g/mol. The van der Waals surface area contributed by atoms with Crippen molar-refractivity contribution >= 4 is 79.0 Å². The van der Waals surface area contributed by atoms with Crippen LogP contribution < -0.4 is 26.2 Å². The number of fused-ring (bicyclic) bond motifs is 11. The van der Waals surface area contributed by atoms with Gasteiger partial charge in [-0.15, -0.1) is 0 Å². The summed E-state index contributed by atoms with van der Waals surface area (Å²) in [4.78, 5) is 5.06. The molecule has 0 saturated carbocycles. The standard InChI is InChI=1S/C53H49BN4/c1-50(2)21-22-51(3,4)36-27-32(19-20-35(36)50)56-44-29-38-37(52(5,6)23-24-53(38,7)8)28-40(44)54-39-15-12-18-43-49(39)58(46-26-31(30-55)25-45(56)47(46)54)42-17-11-14-34-33-13-9-10-16-41(33)57(43)48(34)42/h9-20,25-29H,21-24H2,1-8H3. The van der Waals surface area contributed by atoms with Crippen molar-refractivity contribution in [2.24, 2.45) is 0 Å². The van der Waals surface area contributed by atoms with Crippen molar-refractivity contribution in [2.75, 3.05) is 9.80 Å². The quantitative estimate of drug-likeness (QED) is 0.157. The van der Waals surface area contributed by atoms with E-state index >= 15 is 0 Å². The summed E-state index contributed by atoms with van der Waals surface area (Å²) >= 11 is 0. The Labute approximate surface area is 342 Å². The number of aromatic nitrogens is 1. The third-order valence-electron chi connectivity index (χ3n) is 15.4. The minimum Gasteiger partial charge on any atom is -0.311 e. The lowest BCUT2D eigenvalue weighted by molar-refractivity contribution is 0.332. The average Bonchev–Trinajstić information content (AvgIpc) is 3.55. The van der Waals surface area contributed by atoms with Crippen LogP contribution in [0.5, 0.6) is 0 Å². The summed E-state index contributed by atoms with van der Waals surface area (Å²) < 4.78 is 2.50. The van der Waals surface area contributed by atoms with Crippen LogP contribution in [0.4, 0.5) is 34.1 Å². The van der Waals surface area contributed by atoms with Gasteiger partial charge in [0.2, 0.25) is 0 Å². The largest absolute Gasteiger partial charge is 0.311 e. The van der Waals surface area contributed by atoms with Gasteiger partial charge in [0.25, 0.3) is 6.71 Å². The van der Waals surface area contributed by atoms with Crippen LogP contribution in [0.3, 0.4) is 0 Å². The van der Waals surface area contributed by atoms with E-state index in [2.05, 4.69) is 179 Å². The van der Waals surface area contributed by atoms with Gasteiger partial charge >= 0.3 is 0 Å². The fraction of sp³-hybridized carbons (Fsp3) is 0.302. The topological polar surface area (TPSA) is 35.2 Å². The van der Waals surface area contributed by atoms with Gasteiger partial charge < -0.3 is 14.4 Å². The zero-order chi connectivity index (χ0) is 39.8. The van der Waals surface area contributed by atoms with Crippen molar-refractivity contribution in [3.8, 4) is 11.8 Å². The van der Waals surface area contributed by atoms with Crippen molar-refractivity contribution in [3.63, 3.8) is 0 Å². The predicted molar refractivity (Wildman–Crippen MR) is 244 cm³/mol. The lowest BCUT2D eigenvalue weighted by Crippen LogP contribution is -2.62. The minimum absolute atomic E-state index is 0.0167. The third kappa shape index (κ3) is 4.21. The van der Waals surface area contributed by atoms with Gasteiger partial charge in [0.1, 0.15) is 0 Å². The van der Waals surface area contributed by atoms with Crippen LogP contribution in [-0.2, 0) is 21.7 Å². The number of rotatable bonds is 1. The third-order valence-corrected chi connectivity index (χ3v) is 15.4. The highest BCUT2D eigenvalue weighted by molar-refractivity contribution is 7.00. The molecule has 3 aliphatic heterocycles.